The Morgan fingerprint density at radius 3 is 1.63 bits per heavy atom. The van der Waals surface area contributed by atoms with Gasteiger partial charge in [-0.1, -0.05) is 224 Å². The number of rotatable bonds is 8. The molecule has 482 valence electrons. The molecule has 4 nitrogen and oxygen atoms in total. The number of nitrogens with zero attached hydrogens (tertiary/aromatic N) is 4. The summed E-state index contributed by atoms with van der Waals surface area (Å²) in [6.07, 6.45) is 14.9. The maximum absolute atomic E-state index is 11.8. The molecule has 0 bridgehead atoms. The summed E-state index contributed by atoms with van der Waals surface area (Å²) in [6.45, 7) is 11.0. The number of hydrogen-bond acceptors (Lipinski definition) is 2. The maximum atomic E-state index is 11.8. The molecule has 4 heterocycles. The molecule has 0 N–H and O–H groups in total. The van der Waals surface area contributed by atoms with E-state index in [1.165, 1.54) is 0 Å². The summed E-state index contributed by atoms with van der Waals surface area (Å²) in [6, 6.07) is 10.7. The normalized spacial score (nSPS) is 22.8. The van der Waals surface area contributed by atoms with E-state index in [-0.39, 0.29) is 39.6 Å². The van der Waals surface area contributed by atoms with Gasteiger partial charge in [0.25, 0.3) is 6.71 Å². The number of benzene rings is 10. The van der Waals surface area contributed by atoms with Crippen LogP contribution in [0.25, 0.3) is 77.2 Å². The lowest BCUT2D eigenvalue weighted by Crippen LogP contribution is -2.64. The molecule has 0 amide bonds. The van der Waals surface area contributed by atoms with E-state index in [4.69, 9.17) is 11.0 Å². The van der Waals surface area contributed by atoms with Crippen LogP contribution in [0.3, 0.4) is 0 Å². The first-order valence-corrected chi connectivity index (χ1v) is 34.2. The highest BCUT2D eigenvalue weighted by molar-refractivity contribution is 7.00. The van der Waals surface area contributed by atoms with Gasteiger partial charge in [-0.3, -0.25) is 0 Å². The molecule has 10 aromatic carbocycles. The van der Waals surface area contributed by atoms with Crippen LogP contribution >= 0.6 is 0 Å². The Balaban J connectivity index is 1.15. The van der Waals surface area contributed by atoms with Crippen molar-refractivity contribution in [3.63, 3.8) is 0 Å². The van der Waals surface area contributed by atoms with Gasteiger partial charge in [-0.2, -0.15) is 0 Å². The van der Waals surface area contributed by atoms with Crippen molar-refractivity contribution in [1.82, 2.24) is 9.13 Å². The molecule has 4 atom stereocenters. The van der Waals surface area contributed by atoms with E-state index in [2.05, 4.69) is 88.9 Å². The molecule has 4 unspecified atom stereocenters. The Hall–Kier alpha value is -9.32. The standard InChI is InChI=1S/C92H91BN4/c1-58-40-46-81-75(48-58)69-36-24-26-38-79(69)94(81)67-42-44-77-83(56-67)96(88-71(60-28-16-12-17-29-60)50-64(90(3,4)5)51-72(88)61-30-18-13-19-31-61)85-54-66(92(9,10)11)55-86-87(85)93(77)78-45-43-68(95-80-39-27-25-37-70(80)76-49-59(2)41-47-82(76)95)57-84(78)97(86)89-73(62-32-20-14-21-33-62)52-65(91(6,7)8)53-74(89)63-34-22-15-23-35-63/h12-14,16-20,24-31,34,36-52,54-57,62,65,74,89H,15,21-23,32-33,35,53H2,1-11H3/i1D3,2D3,24D,25D,26D,27D,36D,37D,38D,39D,40D,41D,42D,43D,44D,45D,46D,47D,48D,49D,56D,57D. The first kappa shape index (κ1) is 39.2. The third-order valence-electron chi connectivity index (χ3n) is 21.1. The number of aromatic nitrogens is 2. The smallest absolute Gasteiger partial charge is 0.252 e. The summed E-state index contributed by atoms with van der Waals surface area (Å²) >= 11 is 0. The van der Waals surface area contributed by atoms with Crippen LogP contribution in [0.4, 0.5) is 28.4 Å². The topological polar surface area (TPSA) is 16.3 Å². The minimum Gasteiger partial charge on any atom is -0.334 e. The Bertz CT molecular complexity index is 6650. The van der Waals surface area contributed by atoms with E-state index < -0.39 is 230 Å². The van der Waals surface area contributed by atoms with Crippen molar-refractivity contribution in [3.05, 3.63) is 263 Å². The zero-order chi connectivity index (χ0) is 88.8. The summed E-state index contributed by atoms with van der Waals surface area (Å²) in [4.78, 5) is 4.03. The quantitative estimate of drug-likeness (QED) is 0.111. The summed E-state index contributed by atoms with van der Waals surface area (Å²) in [7, 11) is 0. The van der Waals surface area contributed by atoms with Crippen molar-refractivity contribution >= 4 is 95.1 Å². The van der Waals surface area contributed by atoms with E-state index in [0.29, 0.717) is 82.4 Å². The third-order valence-corrected chi connectivity index (χ3v) is 21.1. The van der Waals surface area contributed by atoms with E-state index >= 15 is 0 Å². The lowest BCUT2D eigenvalue weighted by atomic mass is 9.33. The van der Waals surface area contributed by atoms with E-state index in [0.717, 1.165) is 45.1 Å². The highest BCUT2D eigenvalue weighted by Crippen LogP contribution is 2.56. The van der Waals surface area contributed by atoms with Crippen LogP contribution in [0.15, 0.2) is 241 Å². The third kappa shape index (κ3) is 10.2. The molecule has 0 spiro atoms. The minimum absolute atomic E-state index is 0.0595. The van der Waals surface area contributed by atoms with Crippen molar-refractivity contribution < 1.29 is 35.6 Å². The minimum atomic E-state index is -3.25. The van der Waals surface area contributed by atoms with Gasteiger partial charge in [0.1, 0.15) is 0 Å². The maximum Gasteiger partial charge on any atom is 0.252 e. The molecule has 3 aliphatic carbocycles. The van der Waals surface area contributed by atoms with Crippen molar-refractivity contribution in [2.75, 3.05) is 9.80 Å². The van der Waals surface area contributed by atoms with Crippen LogP contribution in [0, 0.1) is 36.9 Å². The van der Waals surface area contributed by atoms with E-state index in [1.807, 2.05) is 92.4 Å². The lowest BCUT2D eigenvalue weighted by Gasteiger charge is -2.53. The van der Waals surface area contributed by atoms with Crippen molar-refractivity contribution in [2.45, 2.75) is 144 Å². The molecule has 0 saturated carbocycles. The molecule has 97 heavy (non-hydrogen) atoms. The molecule has 2 aromatic heterocycles. The highest BCUT2D eigenvalue weighted by Gasteiger charge is 2.51. The van der Waals surface area contributed by atoms with Gasteiger partial charge in [-0.05, 0) is 222 Å². The molecular weight excluding hydrogens is 1170 g/mol. The molecular formula is C92H91BN4. The molecule has 2 aliphatic heterocycles. The second kappa shape index (κ2) is 23.2. The Kier molecular flexibility index (Phi) is 9.36. The SMILES string of the molecule is [2H]c1c([2H])c(-n2c3c([2H])c([2H])c([2H])c([2H])c3c3c([2H])c(C([2H])([2H])[2H])c([2H])c([2H])c32)c([2H])c2c1B1c3c(cc(C(C)(C)C)cc3N(C3C(C4CC=CCC4)=CC(C(C)(C)C)CC3C3=CCCCC3)c3c([2H])c(-n4c5c([2H])c([2H])c([2H])c([2H])c5c5c([2H])c(C([2H])([2H])[2H])c([2H])c([2H])c54)c([2H])c([2H])c31)N2c1c(-c2ccccc2)cc(C(C)(C)C)cc1-c1ccccc1. The predicted molar refractivity (Wildman–Crippen MR) is 417 cm³/mol. The summed E-state index contributed by atoms with van der Waals surface area (Å²) in [5.74, 6) is -0.628. The van der Waals surface area contributed by atoms with Gasteiger partial charge in [-0.25, -0.2) is 0 Å². The van der Waals surface area contributed by atoms with E-state index in [1.54, 1.807) is 0 Å². The summed E-state index contributed by atoms with van der Waals surface area (Å²) in [5.41, 5.74) is 0.536. The Labute approximate surface area is 612 Å². The number of fused-ring (bicyclic) bond motifs is 10. The van der Waals surface area contributed by atoms with Crippen LogP contribution in [0.2, 0.25) is 0 Å². The fourth-order valence-electron chi connectivity index (χ4n) is 16.2. The molecule has 0 saturated heterocycles. The Morgan fingerprint density at radius 1 is 0.526 bits per heavy atom. The second-order valence-corrected chi connectivity index (χ2v) is 30.2. The van der Waals surface area contributed by atoms with Gasteiger partial charge in [0.15, 0.2) is 0 Å². The van der Waals surface area contributed by atoms with Gasteiger partial charge in [0, 0.05) is 80.9 Å². The zero-order valence-corrected chi connectivity index (χ0v) is 56.2. The van der Waals surface area contributed by atoms with Crippen molar-refractivity contribution in [3.8, 4) is 33.6 Å². The van der Waals surface area contributed by atoms with Gasteiger partial charge in [0.2, 0.25) is 0 Å². The summed E-state index contributed by atoms with van der Waals surface area (Å²) < 4.78 is 258. The lowest BCUT2D eigenvalue weighted by molar-refractivity contribution is 0.220. The zero-order valence-electron chi connectivity index (χ0n) is 82.2. The summed E-state index contributed by atoms with van der Waals surface area (Å²) in [5, 5.41) is -1.90. The molecule has 5 aliphatic rings. The van der Waals surface area contributed by atoms with Crippen LogP contribution in [-0.2, 0) is 10.8 Å². The largest absolute Gasteiger partial charge is 0.334 e. The van der Waals surface area contributed by atoms with Crippen molar-refractivity contribution in [2.24, 2.45) is 23.2 Å². The number of allylic oxidation sites excluding steroid dienone is 4. The van der Waals surface area contributed by atoms with Gasteiger partial charge in [0.05, 0.1) is 61.2 Å². The van der Waals surface area contributed by atoms with E-state index in [9.17, 15) is 24.7 Å². The Morgan fingerprint density at radius 2 is 1.08 bits per heavy atom. The van der Waals surface area contributed by atoms with Crippen LogP contribution < -0.4 is 26.2 Å². The molecule has 0 radical (unpaired) electrons. The monoisotopic (exact) mass is 1290 g/mol. The van der Waals surface area contributed by atoms with Crippen LogP contribution in [0.1, 0.15) is 172 Å². The average Bonchev–Trinajstić information content (AvgIpc) is 1.60. The van der Waals surface area contributed by atoms with Gasteiger partial charge in [-0.15, -0.1) is 0 Å². The molecule has 5 heteroatoms. The van der Waals surface area contributed by atoms with Gasteiger partial charge < -0.3 is 18.9 Å². The van der Waals surface area contributed by atoms with Crippen LogP contribution in [-0.4, -0.2) is 21.9 Å². The number of anilines is 5. The predicted octanol–water partition coefficient (Wildman–Crippen LogP) is 23.0. The second-order valence-electron chi connectivity index (χ2n) is 30.2. The average molecular weight is 1290 g/mol. The number of para-hydroxylation sites is 2. The van der Waals surface area contributed by atoms with Crippen molar-refractivity contribution in [1.29, 1.82) is 0 Å². The first-order chi connectivity index (χ1) is 57.7. The van der Waals surface area contributed by atoms with Crippen LogP contribution in [0.5, 0.6) is 0 Å². The van der Waals surface area contributed by atoms with Gasteiger partial charge >= 0.3 is 0 Å². The molecule has 17 rings (SSSR count). The molecule has 0 fully saturated rings. The fourth-order valence-corrected chi connectivity index (χ4v) is 16.2. The first-order valence-electron chi connectivity index (χ1n) is 47.2. The highest BCUT2D eigenvalue weighted by atomic mass is 15.2. The fraction of sp³-hybridized carbons (Fsp3) is 0.283. The number of hydrogen-bond donors (Lipinski definition) is 0. The molecule has 12 aromatic rings.